The van der Waals surface area contributed by atoms with Crippen molar-refractivity contribution < 1.29 is 5.11 Å². The highest BCUT2D eigenvalue weighted by Crippen LogP contribution is 2.27. The molecule has 0 bridgehead atoms. The van der Waals surface area contributed by atoms with Crippen molar-refractivity contribution in [1.82, 2.24) is 4.90 Å². The first-order valence-corrected chi connectivity index (χ1v) is 7.54. The summed E-state index contributed by atoms with van der Waals surface area (Å²) in [4.78, 5) is 1.72. The van der Waals surface area contributed by atoms with Gasteiger partial charge in [-0.15, -0.1) is 0 Å². The van der Waals surface area contributed by atoms with Gasteiger partial charge in [0.15, 0.2) is 5.88 Å². The van der Waals surface area contributed by atoms with Crippen molar-refractivity contribution in [3.8, 4) is 0 Å². The first-order valence-electron chi connectivity index (χ1n) is 7.54. The van der Waals surface area contributed by atoms with E-state index >= 15 is 0 Å². The predicted octanol–water partition coefficient (Wildman–Crippen LogP) is 5.64. The molecule has 1 aromatic carbocycles. The Kier molecular flexibility index (Phi) is 7.10. The van der Waals surface area contributed by atoms with Crippen LogP contribution in [0.1, 0.15) is 39.2 Å². The lowest BCUT2D eigenvalue weighted by molar-refractivity contribution is 0.293. The smallest absolute Gasteiger partial charge is 0.199 e. The topological polar surface area (TPSA) is 23.5 Å². The number of aliphatic hydroxyl groups is 1. The molecule has 0 saturated heterocycles. The number of benzene rings is 1. The molecule has 1 aliphatic rings. The molecule has 1 heterocycles. The van der Waals surface area contributed by atoms with Gasteiger partial charge < -0.3 is 5.11 Å². The summed E-state index contributed by atoms with van der Waals surface area (Å²) in [5, 5.41) is 10.5. The second-order valence-corrected chi connectivity index (χ2v) is 4.48. The van der Waals surface area contributed by atoms with Crippen LogP contribution < -0.4 is 0 Å². The number of hydrogen-bond donors (Lipinski definition) is 1. The van der Waals surface area contributed by atoms with Crippen LogP contribution in [0, 0.1) is 0 Å². The van der Waals surface area contributed by atoms with Gasteiger partial charge >= 0.3 is 0 Å². The van der Waals surface area contributed by atoms with Crippen molar-refractivity contribution in [2.24, 2.45) is 0 Å². The molecule has 1 aromatic rings. The molecule has 112 valence electrons. The van der Waals surface area contributed by atoms with Gasteiger partial charge in [-0.1, -0.05) is 70.2 Å². The number of nitrogens with zero attached hydrogens (tertiary/aromatic N) is 1. The molecule has 0 saturated carbocycles. The lowest BCUT2D eigenvalue weighted by Crippen LogP contribution is -2.17. The number of allylic oxidation sites excluding steroid dienone is 4. The molecule has 0 unspecified atom stereocenters. The Balaban J connectivity index is 0.00000106. The maximum absolute atomic E-state index is 10.5. The Morgan fingerprint density at radius 1 is 1.14 bits per heavy atom. The summed E-state index contributed by atoms with van der Waals surface area (Å²) in [6.45, 7) is 10.1. The molecule has 2 heteroatoms. The van der Waals surface area contributed by atoms with Crippen LogP contribution in [-0.2, 0) is 0 Å². The third-order valence-corrected chi connectivity index (χ3v) is 3.06. The monoisotopic (exact) mass is 283 g/mol. The molecule has 2 rings (SSSR count). The van der Waals surface area contributed by atoms with Crippen molar-refractivity contribution in [2.45, 2.75) is 33.6 Å². The van der Waals surface area contributed by atoms with E-state index in [9.17, 15) is 5.11 Å². The van der Waals surface area contributed by atoms with E-state index in [0.717, 1.165) is 29.7 Å². The number of rotatable bonds is 4. The van der Waals surface area contributed by atoms with Crippen molar-refractivity contribution in [3.63, 3.8) is 0 Å². The molecule has 2 nitrogen and oxygen atoms in total. The highest BCUT2D eigenvalue weighted by Gasteiger charge is 2.15. The standard InChI is InChI=1S/C17H19NO.C2H6/c1-3-9-16(15-11-5-4-6-12-15)17(19)18-13-8-7-10-14(18)2;1-2/h4-8,10-13,19H,2-3,9H2,1H3;1-2H3/b17-16-;. The molecule has 0 atom stereocenters. The fourth-order valence-electron chi connectivity index (χ4n) is 2.11. The highest BCUT2D eigenvalue weighted by molar-refractivity contribution is 5.67. The minimum atomic E-state index is 0.263. The Labute approximate surface area is 128 Å². The Morgan fingerprint density at radius 2 is 1.81 bits per heavy atom. The van der Waals surface area contributed by atoms with Gasteiger partial charge in [-0.3, -0.25) is 4.90 Å². The molecular formula is C19H25NO. The summed E-state index contributed by atoms with van der Waals surface area (Å²) >= 11 is 0. The maximum atomic E-state index is 10.5. The first kappa shape index (κ1) is 16.8. The molecule has 1 N–H and O–H groups in total. The fourth-order valence-corrected chi connectivity index (χ4v) is 2.11. The van der Waals surface area contributed by atoms with E-state index in [-0.39, 0.29) is 5.88 Å². The minimum Gasteiger partial charge on any atom is -0.494 e. The molecule has 1 aliphatic heterocycles. The fraction of sp³-hybridized carbons (Fsp3) is 0.263. The highest BCUT2D eigenvalue weighted by atomic mass is 16.3. The van der Waals surface area contributed by atoms with Crippen molar-refractivity contribution in [2.75, 3.05) is 0 Å². The van der Waals surface area contributed by atoms with Crippen molar-refractivity contribution in [3.05, 3.63) is 78.5 Å². The van der Waals surface area contributed by atoms with Crippen LogP contribution in [-0.4, -0.2) is 10.0 Å². The molecular weight excluding hydrogens is 258 g/mol. The number of aliphatic hydroxyl groups excluding tert-OH is 1. The lowest BCUT2D eigenvalue weighted by atomic mass is 10.0. The minimum absolute atomic E-state index is 0.263. The largest absolute Gasteiger partial charge is 0.494 e. The van der Waals surface area contributed by atoms with Crippen molar-refractivity contribution >= 4 is 5.57 Å². The molecule has 0 aromatic heterocycles. The van der Waals surface area contributed by atoms with E-state index in [1.54, 1.807) is 4.90 Å². The SMILES string of the molecule is C=C1C=CC=CN1/C(O)=C(\CCC)c1ccccc1.CC. The molecule has 0 spiro atoms. The Bertz CT molecular complexity index is 538. The van der Waals surface area contributed by atoms with E-state index in [1.807, 2.05) is 68.6 Å². The molecule has 0 aliphatic carbocycles. The van der Waals surface area contributed by atoms with Gasteiger partial charge in [0.1, 0.15) is 0 Å². The summed E-state index contributed by atoms with van der Waals surface area (Å²) in [6, 6.07) is 9.99. The lowest BCUT2D eigenvalue weighted by Gasteiger charge is -2.24. The second kappa shape index (κ2) is 8.85. The number of hydrogen-bond acceptors (Lipinski definition) is 2. The van der Waals surface area contributed by atoms with Crippen LogP contribution in [0.5, 0.6) is 0 Å². The first-order chi connectivity index (χ1) is 10.2. The summed E-state index contributed by atoms with van der Waals surface area (Å²) in [7, 11) is 0. The molecule has 21 heavy (non-hydrogen) atoms. The zero-order valence-corrected chi connectivity index (χ0v) is 13.2. The zero-order valence-electron chi connectivity index (χ0n) is 13.2. The maximum Gasteiger partial charge on any atom is 0.199 e. The summed E-state index contributed by atoms with van der Waals surface area (Å²) in [5.41, 5.74) is 2.77. The third kappa shape index (κ3) is 4.38. The van der Waals surface area contributed by atoms with Gasteiger partial charge in [0.05, 0.1) is 0 Å². The molecule has 0 fully saturated rings. The van der Waals surface area contributed by atoms with Crippen LogP contribution >= 0.6 is 0 Å². The van der Waals surface area contributed by atoms with Crippen LogP contribution in [0.25, 0.3) is 5.57 Å². The van der Waals surface area contributed by atoms with Crippen LogP contribution in [0.4, 0.5) is 0 Å². The summed E-state index contributed by atoms with van der Waals surface area (Å²) < 4.78 is 0. The van der Waals surface area contributed by atoms with E-state index in [4.69, 9.17) is 0 Å². The second-order valence-electron chi connectivity index (χ2n) is 4.48. The quantitative estimate of drug-likeness (QED) is 0.723. The van der Waals surface area contributed by atoms with Gasteiger partial charge in [0, 0.05) is 17.5 Å². The molecule has 0 amide bonds. The predicted molar refractivity (Wildman–Crippen MR) is 91.5 cm³/mol. The average Bonchev–Trinajstić information content (AvgIpc) is 2.55. The summed E-state index contributed by atoms with van der Waals surface area (Å²) in [6.07, 6.45) is 9.32. The van der Waals surface area contributed by atoms with Gasteiger partial charge in [0.2, 0.25) is 0 Å². The molecule has 0 radical (unpaired) electrons. The van der Waals surface area contributed by atoms with Gasteiger partial charge in [-0.25, -0.2) is 0 Å². The van der Waals surface area contributed by atoms with E-state index in [0.29, 0.717) is 0 Å². The zero-order chi connectivity index (χ0) is 15.7. The van der Waals surface area contributed by atoms with Gasteiger partial charge in [-0.05, 0) is 24.1 Å². The van der Waals surface area contributed by atoms with Crippen LogP contribution in [0.3, 0.4) is 0 Å². The normalized spacial score (nSPS) is 14.4. The average molecular weight is 283 g/mol. The third-order valence-electron chi connectivity index (χ3n) is 3.06. The van der Waals surface area contributed by atoms with E-state index < -0.39 is 0 Å². The van der Waals surface area contributed by atoms with Crippen molar-refractivity contribution in [1.29, 1.82) is 0 Å². The van der Waals surface area contributed by atoms with Crippen LogP contribution in [0.2, 0.25) is 0 Å². The Morgan fingerprint density at radius 3 is 2.38 bits per heavy atom. The van der Waals surface area contributed by atoms with Crippen LogP contribution in [0.15, 0.2) is 72.9 Å². The van der Waals surface area contributed by atoms with Gasteiger partial charge in [0.25, 0.3) is 0 Å². The van der Waals surface area contributed by atoms with Gasteiger partial charge in [-0.2, -0.15) is 0 Å². The van der Waals surface area contributed by atoms with E-state index in [1.165, 1.54) is 0 Å². The van der Waals surface area contributed by atoms with E-state index in [2.05, 4.69) is 13.5 Å². The summed E-state index contributed by atoms with van der Waals surface area (Å²) in [5.74, 6) is 0.263. The Hall–Kier alpha value is -2.22.